The van der Waals surface area contributed by atoms with Crippen molar-refractivity contribution in [3.05, 3.63) is 22.3 Å². The summed E-state index contributed by atoms with van der Waals surface area (Å²) in [5.41, 5.74) is -0.943. The Morgan fingerprint density at radius 3 is 2.78 bits per heavy atom. The van der Waals surface area contributed by atoms with Crippen molar-refractivity contribution in [2.24, 2.45) is 0 Å². The molecule has 0 saturated heterocycles. The van der Waals surface area contributed by atoms with Crippen molar-refractivity contribution in [1.82, 2.24) is 4.98 Å². The van der Waals surface area contributed by atoms with Crippen molar-refractivity contribution in [1.29, 1.82) is 0 Å². The van der Waals surface area contributed by atoms with Crippen LogP contribution in [0.2, 0.25) is 0 Å². The molecule has 0 unspecified atom stereocenters. The van der Waals surface area contributed by atoms with Crippen LogP contribution in [0.5, 0.6) is 0 Å². The number of nitrogens with one attached hydrogen (secondary N) is 1. The Kier molecular flexibility index (Phi) is 4.94. The van der Waals surface area contributed by atoms with Crippen molar-refractivity contribution in [2.45, 2.75) is 13.1 Å². The number of anilines is 1. The topological polar surface area (TPSA) is 51.2 Å². The second kappa shape index (κ2) is 6.03. The highest BCUT2D eigenvalue weighted by molar-refractivity contribution is 9.10. The predicted octanol–water partition coefficient (Wildman–Crippen LogP) is 2.84. The smallest absolute Gasteiger partial charge is 0.419 e. The quantitative estimate of drug-likeness (QED) is 0.864. The lowest BCUT2D eigenvalue weighted by atomic mass is 10.2. The van der Waals surface area contributed by atoms with Crippen LogP contribution < -0.4 is 5.32 Å². The fraction of sp³-hybridized carbons (Fsp3) is 0.400. The van der Waals surface area contributed by atoms with Gasteiger partial charge in [-0.2, -0.15) is 13.2 Å². The zero-order valence-electron chi connectivity index (χ0n) is 9.34. The monoisotopic (exact) mass is 326 g/mol. The van der Waals surface area contributed by atoms with Crippen molar-refractivity contribution in [3.8, 4) is 0 Å². The first-order valence-electron chi connectivity index (χ1n) is 4.96. The number of halogens is 4. The summed E-state index contributed by atoms with van der Waals surface area (Å²) in [6.07, 6.45) is -3.34. The van der Waals surface area contributed by atoms with Crippen LogP contribution in [0.4, 0.5) is 19.0 Å². The molecular formula is C10H10BrF3N2O2. The summed E-state index contributed by atoms with van der Waals surface area (Å²) in [6.45, 7) is 1.41. The van der Waals surface area contributed by atoms with Gasteiger partial charge < -0.3 is 10.1 Å². The summed E-state index contributed by atoms with van der Waals surface area (Å²) >= 11 is 2.91. The molecule has 0 amide bonds. The van der Waals surface area contributed by atoms with Gasteiger partial charge in [0, 0.05) is 10.7 Å². The van der Waals surface area contributed by atoms with Crippen LogP contribution in [-0.2, 0) is 15.7 Å². The van der Waals surface area contributed by atoms with Gasteiger partial charge >= 0.3 is 12.1 Å². The molecule has 1 aromatic rings. The van der Waals surface area contributed by atoms with Crippen LogP contribution in [0.3, 0.4) is 0 Å². The van der Waals surface area contributed by atoms with Crippen molar-refractivity contribution in [2.75, 3.05) is 18.5 Å². The van der Waals surface area contributed by atoms with E-state index in [2.05, 4.69) is 31.0 Å². The first-order chi connectivity index (χ1) is 8.34. The number of carbonyl (C=O) groups excluding carboxylic acids is 1. The standard InChI is InChI=1S/C10H10BrF3N2O2/c1-2-18-8(17)5-16-9-7(10(12,13)14)3-6(11)4-15-9/h3-4H,2,5H2,1H3,(H,15,16). The molecule has 18 heavy (non-hydrogen) atoms. The lowest BCUT2D eigenvalue weighted by Gasteiger charge is -2.13. The van der Waals surface area contributed by atoms with E-state index < -0.39 is 23.5 Å². The van der Waals surface area contributed by atoms with Crippen LogP contribution in [0, 0.1) is 0 Å². The van der Waals surface area contributed by atoms with E-state index >= 15 is 0 Å². The molecule has 1 rings (SSSR count). The van der Waals surface area contributed by atoms with Crippen molar-refractivity contribution < 1.29 is 22.7 Å². The summed E-state index contributed by atoms with van der Waals surface area (Å²) < 4.78 is 42.8. The zero-order valence-corrected chi connectivity index (χ0v) is 10.9. The molecule has 0 bridgehead atoms. The Hall–Kier alpha value is -1.31. The lowest BCUT2D eigenvalue weighted by Crippen LogP contribution is -2.20. The second-order valence-electron chi connectivity index (χ2n) is 3.21. The maximum absolute atomic E-state index is 12.7. The normalized spacial score (nSPS) is 11.2. The second-order valence-corrected chi connectivity index (χ2v) is 4.12. The van der Waals surface area contributed by atoms with Crippen LogP contribution in [-0.4, -0.2) is 24.1 Å². The first kappa shape index (κ1) is 14.7. The molecule has 1 N–H and O–H groups in total. The van der Waals surface area contributed by atoms with Crippen LogP contribution in [0.1, 0.15) is 12.5 Å². The van der Waals surface area contributed by atoms with E-state index in [1.165, 1.54) is 6.20 Å². The van der Waals surface area contributed by atoms with Crippen LogP contribution in [0.15, 0.2) is 16.7 Å². The third-order valence-electron chi connectivity index (χ3n) is 1.87. The van der Waals surface area contributed by atoms with E-state index in [9.17, 15) is 18.0 Å². The molecule has 0 aliphatic rings. The number of pyridine rings is 1. The molecule has 0 radical (unpaired) electrons. The number of rotatable bonds is 4. The number of nitrogens with zero attached hydrogens (tertiary/aromatic N) is 1. The maximum atomic E-state index is 12.7. The molecule has 0 aromatic carbocycles. The number of ether oxygens (including phenoxy) is 1. The first-order valence-corrected chi connectivity index (χ1v) is 5.76. The SMILES string of the molecule is CCOC(=O)CNc1ncc(Br)cc1C(F)(F)F. The van der Waals surface area contributed by atoms with E-state index in [4.69, 9.17) is 0 Å². The van der Waals surface area contributed by atoms with Gasteiger partial charge in [-0.15, -0.1) is 0 Å². The number of hydrogen-bond acceptors (Lipinski definition) is 4. The molecule has 100 valence electrons. The highest BCUT2D eigenvalue weighted by Crippen LogP contribution is 2.35. The molecule has 0 aliphatic heterocycles. The Labute approximate surface area is 110 Å². The number of aromatic nitrogens is 1. The van der Waals surface area contributed by atoms with Crippen LogP contribution >= 0.6 is 15.9 Å². The van der Waals surface area contributed by atoms with E-state index in [0.717, 1.165) is 6.07 Å². The molecule has 1 heterocycles. The highest BCUT2D eigenvalue weighted by atomic mass is 79.9. The average molecular weight is 327 g/mol. The highest BCUT2D eigenvalue weighted by Gasteiger charge is 2.34. The summed E-state index contributed by atoms with van der Waals surface area (Å²) in [6, 6.07) is 0.889. The van der Waals surface area contributed by atoms with Gasteiger partial charge in [-0.3, -0.25) is 4.79 Å². The van der Waals surface area contributed by atoms with Gasteiger partial charge in [-0.25, -0.2) is 4.98 Å². The molecule has 4 nitrogen and oxygen atoms in total. The van der Waals surface area contributed by atoms with Gasteiger partial charge in [0.25, 0.3) is 0 Å². The number of esters is 1. The van der Waals surface area contributed by atoms with E-state index in [-0.39, 0.29) is 17.6 Å². The van der Waals surface area contributed by atoms with Gasteiger partial charge in [0.15, 0.2) is 0 Å². The largest absolute Gasteiger partial charge is 0.465 e. The van der Waals surface area contributed by atoms with Gasteiger partial charge in [0.05, 0.1) is 12.2 Å². The average Bonchev–Trinajstić information content (AvgIpc) is 2.26. The van der Waals surface area contributed by atoms with Gasteiger partial charge in [0.1, 0.15) is 12.4 Å². The van der Waals surface area contributed by atoms with E-state index in [1.807, 2.05) is 0 Å². The number of carbonyl (C=O) groups is 1. The Morgan fingerprint density at radius 1 is 1.56 bits per heavy atom. The molecule has 0 atom stereocenters. The number of alkyl halides is 3. The third kappa shape index (κ3) is 4.17. The Bertz CT molecular complexity index is 438. The van der Waals surface area contributed by atoms with E-state index in [0.29, 0.717) is 0 Å². The summed E-state index contributed by atoms with van der Waals surface area (Å²) in [5, 5.41) is 2.31. The van der Waals surface area contributed by atoms with Crippen molar-refractivity contribution in [3.63, 3.8) is 0 Å². The Morgan fingerprint density at radius 2 is 2.22 bits per heavy atom. The Balaban J connectivity index is 2.85. The summed E-state index contributed by atoms with van der Waals surface area (Å²) in [5.74, 6) is -1.05. The predicted molar refractivity (Wildman–Crippen MR) is 62.1 cm³/mol. The zero-order chi connectivity index (χ0) is 13.8. The third-order valence-corrected chi connectivity index (χ3v) is 2.30. The van der Waals surface area contributed by atoms with Crippen molar-refractivity contribution >= 4 is 27.7 Å². The number of hydrogen-bond donors (Lipinski definition) is 1. The lowest BCUT2D eigenvalue weighted by molar-refractivity contribution is -0.141. The molecule has 8 heteroatoms. The molecule has 1 aromatic heterocycles. The fourth-order valence-corrected chi connectivity index (χ4v) is 1.50. The van der Waals surface area contributed by atoms with Crippen LogP contribution in [0.25, 0.3) is 0 Å². The van der Waals surface area contributed by atoms with Gasteiger partial charge in [0.2, 0.25) is 0 Å². The summed E-state index contributed by atoms with van der Waals surface area (Å²) in [4.78, 5) is 14.6. The van der Waals surface area contributed by atoms with E-state index in [1.54, 1.807) is 6.92 Å². The minimum absolute atomic E-state index is 0.167. The summed E-state index contributed by atoms with van der Waals surface area (Å²) in [7, 11) is 0. The molecule has 0 spiro atoms. The fourth-order valence-electron chi connectivity index (χ4n) is 1.16. The molecule has 0 fully saturated rings. The van der Waals surface area contributed by atoms with Gasteiger partial charge in [-0.1, -0.05) is 0 Å². The molecule has 0 saturated carbocycles. The minimum atomic E-state index is -4.55. The van der Waals surface area contributed by atoms with Gasteiger partial charge in [-0.05, 0) is 28.9 Å². The molecular weight excluding hydrogens is 317 g/mol. The minimum Gasteiger partial charge on any atom is -0.465 e. The molecule has 0 aliphatic carbocycles. The maximum Gasteiger partial charge on any atom is 0.419 e.